The molecule has 1 atom stereocenters. The molecule has 1 saturated heterocycles. The maximum absolute atomic E-state index is 11.8. The third kappa shape index (κ3) is 8.85. The summed E-state index contributed by atoms with van der Waals surface area (Å²) in [6.45, 7) is 13.4. The van der Waals surface area contributed by atoms with Gasteiger partial charge in [0, 0.05) is 58.3 Å². The van der Waals surface area contributed by atoms with Crippen LogP contribution in [0.5, 0.6) is 0 Å². The third-order valence-corrected chi connectivity index (χ3v) is 4.67. The minimum Gasteiger partial charge on any atom is -0.381 e. The SMILES string of the molecule is CC(C)N(CCCNC(=NCC(=O)N(C)C)NCC1CCOC1)C(C)C. The summed E-state index contributed by atoms with van der Waals surface area (Å²) in [6.07, 6.45) is 2.11. The van der Waals surface area contributed by atoms with Crippen molar-refractivity contribution in [3.8, 4) is 0 Å². The predicted octanol–water partition coefficient (Wildman–Crippen LogP) is 1.16. The minimum atomic E-state index is 0.00101. The molecule has 1 aliphatic heterocycles. The second kappa shape index (κ2) is 12.1. The van der Waals surface area contributed by atoms with Crippen molar-refractivity contribution in [1.82, 2.24) is 20.4 Å². The average molecular weight is 370 g/mol. The molecule has 0 aliphatic carbocycles. The van der Waals surface area contributed by atoms with Crippen LogP contribution in [0, 0.1) is 5.92 Å². The van der Waals surface area contributed by atoms with Gasteiger partial charge in [-0.05, 0) is 40.5 Å². The quantitative estimate of drug-likeness (QED) is 0.344. The Bertz CT molecular complexity index is 424. The Balaban J connectivity index is 2.46. The van der Waals surface area contributed by atoms with Crippen molar-refractivity contribution in [1.29, 1.82) is 0 Å². The highest BCUT2D eigenvalue weighted by atomic mass is 16.5. The lowest BCUT2D eigenvalue weighted by Crippen LogP contribution is -2.43. The van der Waals surface area contributed by atoms with Crippen LogP contribution in [0.3, 0.4) is 0 Å². The summed E-state index contributed by atoms with van der Waals surface area (Å²) in [5.74, 6) is 1.23. The molecule has 1 unspecified atom stereocenters. The normalized spacial score (nSPS) is 18.0. The van der Waals surface area contributed by atoms with Crippen molar-refractivity contribution >= 4 is 11.9 Å². The fourth-order valence-corrected chi connectivity index (χ4v) is 3.03. The van der Waals surface area contributed by atoms with Crippen LogP contribution in [-0.4, -0.2) is 87.2 Å². The zero-order valence-corrected chi connectivity index (χ0v) is 17.5. The first-order valence-corrected chi connectivity index (χ1v) is 9.87. The highest BCUT2D eigenvalue weighted by Gasteiger charge is 2.16. The van der Waals surface area contributed by atoms with Gasteiger partial charge in [0.2, 0.25) is 5.91 Å². The van der Waals surface area contributed by atoms with Crippen molar-refractivity contribution in [3.63, 3.8) is 0 Å². The molecule has 0 saturated carbocycles. The number of nitrogens with one attached hydrogen (secondary N) is 2. The van der Waals surface area contributed by atoms with Crippen LogP contribution in [0.15, 0.2) is 4.99 Å². The topological polar surface area (TPSA) is 69.2 Å². The van der Waals surface area contributed by atoms with Crippen LogP contribution in [0.4, 0.5) is 0 Å². The highest BCUT2D eigenvalue weighted by molar-refractivity contribution is 5.84. The summed E-state index contributed by atoms with van der Waals surface area (Å²) in [5, 5.41) is 6.74. The number of ether oxygens (including phenoxy) is 1. The lowest BCUT2D eigenvalue weighted by atomic mass is 10.1. The first kappa shape index (κ1) is 22.7. The molecular formula is C19H39N5O2. The van der Waals surface area contributed by atoms with E-state index < -0.39 is 0 Å². The number of carbonyl (C=O) groups is 1. The van der Waals surface area contributed by atoms with E-state index in [0.717, 1.165) is 45.7 Å². The number of nitrogens with zero attached hydrogens (tertiary/aromatic N) is 3. The van der Waals surface area contributed by atoms with E-state index in [-0.39, 0.29) is 12.5 Å². The number of aliphatic imine (C=N–C) groups is 1. The van der Waals surface area contributed by atoms with Gasteiger partial charge in [0.1, 0.15) is 6.54 Å². The first-order valence-electron chi connectivity index (χ1n) is 9.87. The highest BCUT2D eigenvalue weighted by Crippen LogP contribution is 2.10. The van der Waals surface area contributed by atoms with Crippen molar-refractivity contribution in [2.24, 2.45) is 10.9 Å². The molecule has 1 amide bonds. The van der Waals surface area contributed by atoms with Gasteiger partial charge in [-0.3, -0.25) is 9.69 Å². The van der Waals surface area contributed by atoms with Crippen LogP contribution in [0.2, 0.25) is 0 Å². The summed E-state index contributed by atoms with van der Waals surface area (Å²) in [5.41, 5.74) is 0. The van der Waals surface area contributed by atoms with Crippen molar-refractivity contribution < 1.29 is 9.53 Å². The van der Waals surface area contributed by atoms with Gasteiger partial charge in [-0.2, -0.15) is 0 Å². The van der Waals surface area contributed by atoms with Crippen LogP contribution >= 0.6 is 0 Å². The van der Waals surface area contributed by atoms with Gasteiger partial charge in [-0.25, -0.2) is 4.99 Å². The van der Waals surface area contributed by atoms with Gasteiger partial charge in [0.25, 0.3) is 0 Å². The summed E-state index contributed by atoms with van der Waals surface area (Å²) < 4.78 is 5.42. The molecular weight excluding hydrogens is 330 g/mol. The molecule has 1 fully saturated rings. The fourth-order valence-electron chi connectivity index (χ4n) is 3.03. The largest absolute Gasteiger partial charge is 0.381 e. The van der Waals surface area contributed by atoms with Crippen molar-refractivity contribution in [2.45, 2.75) is 52.6 Å². The van der Waals surface area contributed by atoms with E-state index in [0.29, 0.717) is 24.0 Å². The Kier molecular flexibility index (Phi) is 10.6. The Morgan fingerprint density at radius 3 is 2.42 bits per heavy atom. The number of hydrogen-bond acceptors (Lipinski definition) is 4. The van der Waals surface area contributed by atoms with E-state index in [1.54, 1.807) is 19.0 Å². The molecule has 26 heavy (non-hydrogen) atoms. The Labute approximate surface area is 159 Å². The summed E-state index contributed by atoms with van der Waals surface area (Å²) in [4.78, 5) is 20.3. The number of amides is 1. The van der Waals surface area contributed by atoms with Crippen LogP contribution in [0.25, 0.3) is 0 Å². The molecule has 152 valence electrons. The minimum absolute atomic E-state index is 0.00101. The van der Waals surface area contributed by atoms with E-state index in [1.165, 1.54) is 0 Å². The Morgan fingerprint density at radius 1 is 1.19 bits per heavy atom. The maximum atomic E-state index is 11.8. The zero-order chi connectivity index (χ0) is 19.5. The van der Waals surface area contributed by atoms with Crippen LogP contribution < -0.4 is 10.6 Å². The second-order valence-electron chi connectivity index (χ2n) is 7.77. The number of rotatable bonds is 10. The third-order valence-electron chi connectivity index (χ3n) is 4.67. The Hall–Kier alpha value is -1.34. The van der Waals surface area contributed by atoms with E-state index in [4.69, 9.17) is 4.74 Å². The van der Waals surface area contributed by atoms with E-state index >= 15 is 0 Å². The van der Waals surface area contributed by atoms with Gasteiger partial charge in [-0.15, -0.1) is 0 Å². The lowest BCUT2D eigenvalue weighted by Gasteiger charge is -2.30. The lowest BCUT2D eigenvalue weighted by molar-refractivity contribution is -0.127. The first-order chi connectivity index (χ1) is 12.3. The molecule has 0 radical (unpaired) electrons. The number of likely N-dealkylation sites (N-methyl/N-ethyl adjacent to an activating group) is 1. The van der Waals surface area contributed by atoms with Gasteiger partial charge in [0.15, 0.2) is 5.96 Å². The van der Waals surface area contributed by atoms with Gasteiger partial charge in [-0.1, -0.05) is 0 Å². The smallest absolute Gasteiger partial charge is 0.243 e. The number of hydrogen-bond donors (Lipinski definition) is 2. The van der Waals surface area contributed by atoms with E-state index in [9.17, 15) is 4.79 Å². The van der Waals surface area contributed by atoms with E-state index in [2.05, 4.69) is 48.2 Å². The summed E-state index contributed by atoms with van der Waals surface area (Å²) >= 11 is 0. The Morgan fingerprint density at radius 2 is 1.88 bits per heavy atom. The average Bonchev–Trinajstić information content (AvgIpc) is 3.08. The molecule has 7 nitrogen and oxygen atoms in total. The molecule has 2 N–H and O–H groups in total. The molecule has 1 aliphatic rings. The van der Waals surface area contributed by atoms with Crippen molar-refractivity contribution in [3.05, 3.63) is 0 Å². The molecule has 0 aromatic rings. The van der Waals surface area contributed by atoms with Gasteiger partial charge >= 0.3 is 0 Å². The zero-order valence-electron chi connectivity index (χ0n) is 17.5. The van der Waals surface area contributed by atoms with Gasteiger partial charge in [0.05, 0.1) is 6.61 Å². The second-order valence-corrected chi connectivity index (χ2v) is 7.77. The fraction of sp³-hybridized carbons (Fsp3) is 0.895. The monoisotopic (exact) mass is 369 g/mol. The van der Waals surface area contributed by atoms with Crippen LogP contribution in [-0.2, 0) is 9.53 Å². The molecule has 0 bridgehead atoms. The molecule has 7 heteroatoms. The molecule has 0 spiro atoms. The number of guanidine groups is 1. The molecule has 0 aromatic carbocycles. The van der Waals surface area contributed by atoms with E-state index in [1.807, 2.05) is 0 Å². The van der Waals surface area contributed by atoms with Gasteiger partial charge < -0.3 is 20.3 Å². The molecule has 1 heterocycles. The molecule has 0 aromatic heterocycles. The van der Waals surface area contributed by atoms with Crippen LogP contribution in [0.1, 0.15) is 40.5 Å². The molecule has 1 rings (SSSR count). The maximum Gasteiger partial charge on any atom is 0.243 e. The predicted molar refractivity (Wildman–Crippen MR) is 108 cm³/mol. The number of carbonyl (C=O) groups excluding carboxylic acids is 1. The summed E-state index contributed by atoms with van der Waals surface area (Å²) in [6, 6.07) is 1.09. The summed E-state index contributed by atoms with van der Waals surface area (Å²) in [7, 11) is 3.50. The van der Waals surface area contributed by atoms with Crippen molar-refractivity contribution in [2.75, 3.05) is 53.5 Å². The standard InChI is InChI=1S/C19H39N5O2/c1-15(2)24(16(3)4)10-7-9-20-19(22-13-18(25)23(5)6)21-12-17-8-11-26-14-17/h15-17H,7-14H2,1-6H3,(H2,20,21,22).